The van der Waals surface area contributed by atoms with Crippen LogP contribution in [0.25, 0.3) is 20.2 Å². The van der Waals surface area contributed by atoms with Gasteiger partial charge >= 0.3 is 0 Å². The van der Waals surface area contributed by atoms with Crippen LogP contribution in [-0.4, -0.2) is 25.2 Å². The molecule has 0 saturated heterocycles. The summed E-state index contributed by atoms with van der Waals surface area (Å²) in [7, 11) is 4.02. The minimum absolute atomic E-state index is 0.0943. The average Bonchev–Trinajstić information content (AvgIpc) is 2.56. The van der Waals surface area contributed by atoms with Crippen LogP contribution in [0.1, 0.15) is 18.9 Å². The standard InChI is InChI=1S/C19H21NO2S/c1-4-18(20(2)3)22-12-13-9-10-17-15(11-13)19(21)14-7-5-6-8-16(14)23-17/h5-11,18H,4,12H2,1-3H3. The van der Waals surface area contributed by atoms with E-state index in [4.69, 9.17) is 4.74 Å². The van der Waals surface area contributed by atoms with Crippen molar-refractivity contribution in [2.45, 2.75) is 26.2 Å². The summed E-state index contributed by atoms with van der Waals surface area (Å²) in [6.45, 7) is 2.62. The molecule has 0 N–H and O–H groups in total. The summed E-state index contributed by atoms with van der Waals surface area (Å²) in [5.41, 5.74) is 1.15. The Kier molecular flexibility index (Phi) is 4.76. The predicted octanol–water partition coefficient (Wildman–Crippen LogP) is 4.23. The molecule has 0 spiro atoms. The van der Waals surface area contributed by atoms with E-state index in [1.54, 1.807) is 11.3 Å². The first-order valence-electron chi connectivity index (χ1n) is 7.82. The summed E-state index contributed by atoms with van der Waals surface area (Å²) >= 11 is 1.66. The van der Waals surface area contributed by atoms with Crippen molar-refractivity contribution in [1.29, 1.82) is 0 Å². The van der Waals surface area contributed by atoms with Crippen molar-refractivity contribution in [1.82, 2.24) is 4.90 Å². The van der Waals surface area contributed by atoms with Gasteiger partial charge in [-0.3, -0.25) is 9.69 Å². The van der Waals surface area contributed by atoms with Crippen LogP contribution < -0.4 is 5.43 Å². The van der Waals surface area contributed by atoms with Crippen LogP contribution in [0.15, 0.2) is 47.3 Å². The molecule has 2 aromatic carbocycles. The van der Waals surface area contributed by atoms with Crippen LogP contribution in [0.3, 0.4) is 0 Å². The third-order valence-electron chi connectivity index (χ3n) is 4.01. The van der Waals surface area contributed by atoms with Crippen LogP contribution in [0.5, 0.6) is 0 Å². The van der Waals surface area contributed by atoms with E-state index in [-0.39, 0.29) is 11.7 Å². The molecular weight excluding hydrogens is 306 g/mol. The van der Waals surface area contributed by atoms with E-state index in [9.17, 15) is 4.79 Å². The SMILES string of the molecule is CCC(OCc1ccc2sc3ccccc3c(=O)c2c1)N(C)C. The van der Waals surface area contributed by atoms with Gasteiger partial charge in [0.2, 0.25) is 0 Å². The van der Waals surface area contributed by atoms with Gasteiger partial charge in [-0.05, 0) is 50.3 Å². The first kappa shape index (κ1) is 16.1. The first-order valence-corrected chi connectivity index (χ1v) is 8.64. The number of hydrogen-bond acceptors (Lipinski definition) is 4. The van der Waals surface area contributed by atoms with Gasteiger partial charge in [-0.25, -0.2) is 0 Å². The monoisotopic (exact) mass is 327 g/mol. The molecule has 1 heterocycles. The average molecular weight is 327 g/mol. The lowest BCUT2D eigenvalue weighted by Gasteiger charge is -2.23. The van der Waals surface area contributed by atoms with E-state index in [1.807, 2.05) is 50.5 Å². The van der Waals surface area contributed by atoms with Crippen molar-refractivity contribution in [2.24, 2.45) is 0 Å². The molecule has 23 heavy (non-hydrogen) atoms. The summed E-state index contributed by atoms with van der Waals surface area (Å²) in [6.07, 6.45) is 1.02. The summed E-state index contributed by atoms with van der Waals surface area (Å²) in [6, 6.07) is 13.8. The quantitative estimate of drug-likeness (QED) is 0.519. The minimum Gasteiger partial charge on any atom is -0.359 e. The van der Waals surface area contributed by atoms with Crippen molar-refractivity contribution in [2.75, 3.05) is 14.1 Å². The maximum atomic E-state index is 12.7. The molecule has 3 nitrogen and oxygen atoms in total. The Balaban J connectivity index is 1.97. The number of fused-ring (bicyclic) bond motifs is 2. The highest BCUT2D eigenvalue weighted by atomic mass is 32.1. The Morgan fingerprint density at radius 3 is 2.57 bits per heavy atom. The molecule has 3 aromatic rings. The highest BCUT2D eigenvalue weighted by Crippen LogP contribution is 2.25. The second-order valence-corrected chi connectivity index (χ2v) is 6.98. The molecule has 0 amide bonds. The third-order valence-corrected chi connectivity index (χ3v) is 5.16. The van der Waals surface area contributed by atoms with Crippen molar-refractivity contribution in [3.05, 3.63) is 58.3 Å². The lowest BCUT2D eigenvalue weighted by atomic mass is 10.1. The molecular formula is C19H21NO2S. The van der Waals surface area contributed by atoms with E-state index in [1.165, 1.54) is 0 Å². The lowest BCUT2D eigenvalue weighted by Crippen LogP contribution is -2.29. The number of rotatable bonds is 5. The van der Waals surface area contributed by atoms with Gasteiger partial charge in [0.25, 0.3) is 0 Å². The molecule has 4 heteroatoms. The summed E-state index contributed by atoms with van der Waals surface area (Å²) < 4.78 is 8.00. The van der Waals surface area contributed by atoms with Crippen molar-refractivity contribution >= 4 is 31.5 Å². The predicted molar refractivity (Wildman–Crippen MR) is 98.2 cm³/mol. The third kappa shape index (κ3) is 3.29. The Morgan fingerprint density at radius 1 is 1.09 bits per heavy atom. The fourth-order valence-corrected chi connectivity index (χ4v) is 3.82. The van der Waals surface area contributed by atoms with E-state index < -0.39 is 0 Å². The van der Waals surface area contributed by atoms with Crippen LogP contribution >= 0.6 is 11.3 Å². The van der Waals surface area contributed by atoms with Crippen molar-refractivity contribution < 1.29 is 4.74 Å². The fraction of sp³-hybridized carbons (Fsp3) is 0.316. The largest absolute Gasteiger partial charge is 0.359 e. The molecule has 1 atom stereocenters. The van der Waals surface area contributed by atoms with E-state index in [2.05, 4.69) is 17.9 Å². The minimum atomic E-state index is 0.0943. The second-order valence-electron chi connectivity index (χ2n) is 5.90. The van der Waals surface area contributed by atoms with E-state index >= 15 is 0 Å². The highest BCUT2D eigenvalue weighted by molar-refractivity contribution is 7.24. The van der Waals surface area contributed by atoms with Crippen LogP contribution in [0, 0.1) is 0 Å². The highest BCUT2D eigenvalue weighted by Gasteiger charge is 2.10. The lowest BCUT2D eigenvalue weighted by molar-refractivity contribution is -0.0477. The number of nitrogens with zero attached hydrogens (tertiary/aromatic N) is 1. The first-order chi connectivity index (χ1) is 11.1. The molecule has 0 aliphatic carbocycles. The summed E-state index contributed by atoms with van der Waals surface area (Å²) in [5, 5.41) is 1.58. The molecule has 3 rings (SSSR count). The van der Waals surface area contributed by atoms with Gasteiger partial charge in [-0.15, -0.1) is 11.3 Å². The number of hydrogen-bond donors (Lipinski definition) is 0. The molecule has 0 aliphatic rings. The van der Waals surface area contributed by atoms with Gasteiger partial charge in [0.1, 0.15) is 6.23 Å². The Hall–Kier alpha value is -1.75. The number of ether oxygens (including phenoxy) is 1. The Labute approximate surface area is 140 Å². The van der Waals surface area contributed by atoms with Crippen LogP contribution in [0.4, 0.5) is 0 Å². The zero-order valence-corrected chi connectivity index (χ0v) is 14.5. The fourth-order valence-electron chi connectivity index (χ4n) is 2.76. The molecule has 0 saturated carbocycles. The van der Waals surface area contributed by atoms with Gasteiger partial charge < -0.3 is 4.74 Å². The van der Waals surface area contributed by atoms with Gasteiger partial charge in [0, 0.05) is 20.2 Å². The molecule has 0 radical (unpaired) electrons. The van der Waals surface area contributed by atoms with Crippen molar-refractivity contribution in [3.63, 3.8) is 0 Å². The second kappa shape index (κ2) is 6.79. The Morgan fingerprint density at radius 2 is 1.83 bits per heavy atom. The summed E-state index contributed by atoms with van der Waals surface area (Å²) in [5.74, 6) is 0. The van der Waals surface area contributed by atoms with Gasteiger partial charge in [-0.2, -0.15) is 0 Å². The zero-order chi connectivity index (χ0) is 16.4. The molecule has 1 aromatic heterocycles. The summed E-state index contributed by atoms with van der Waals surface area (Å²) in [4.78, 5) is 14.8. The van der Waals surface area contributed by atoms with E-state index in [0.717, 1.165) is 32.2 Å². The molecule has 0 fully saturated rings. The maximum Gasteiger partial charge on any atom is 0.195 e. The number of benzene rings is 2. The van der Waals surface area contributed by atoms with Gasteiger partial charge in [0.15, 0.2) is 5.43 Å². The zero-order valence-electron chi connectivity index (χ0n) is 13.7. The Bertz CT molecular complexity index is 885. The normalized spacial score (nSPS) is 13.0. The van der Waals surface area contributed by atoms with Gasteiger partial charge in [0.05, 0.1) is 6.61 Å². The topological polar surface area (TPSA) is 29.5 Å². The van der Waals surface area contributed by atoms with Crippen LogP contribution in [0.2, 0.25) is 0 Å². The molecule has 0 bridgehead atoms. The molecule has 0 aliphatic heterocycles. The molecule has 1 unspecified atom stereocenters. The van der Waals surface area contributed by atoms with Crippen LogP contribution in [-0.2, 0) is 11.3 Å². The van der Waals surface area contributed by atoms with Gasteiger partial charge in [-0.1, -0.05) is 25.1 Å². The van der Waals surface area contributed by atoms with E-state index in [0.29, 0.717) is 6.61 Å². The molecule has 120 valence electrons. The maximum absolute atomic E-state index is 12.7. The van der Waals surface area contributed by atoms with Crippen molar-refractivity contribution in [3.8, 4) is 0 Å². The smallest absolute Gasteiger partial charge is 0.195 e.